The van der Waals surface area contributed by atoms with Gasteiger partial charge in [-0.15, -0.1) is 0 Å². The Morgan fingerprint density at radius 3 is 2.38 bits per heavy atom. The fourth-order valence-corrected chi connectivity index (χ4v) is 3.35. The van der Waals surface area contributed by atoms with E-state index in [-0.39, 0.29) is 11.9 Å². The summed E-state index contributed by atoms with van der Waals surface area (Å²) in [6.45, 7) is 9.27. The van der Waals surface area contributed by atoms with Crippen molar-refractivity contribution in [2.75, 3.05) is 11.4 Å². The van der Waals surface area contributed by atoms with E-state index in [0.717, 1.165) is 17.8 Å². The molecular weight excluding hydrogens is 263 g/mol. The standard InChI is InChI=1S/C18H29FN2/c1-12(2)11-21(15-7-5-6-8-15)18-9-13(3)17(19)10-16(18)14(4)20/h9-10,12,14-15H,5-8,11,20H2,1-4H3/t14-/m1/s1. The van der Waals surface area contributed by atoms with Crippen LogP contribution in [0.4, 0.5) is 10.1 Å². The zero-order valence-corrected chi connectivity index (χ0v) is 13.8. The van der Waals surface area contributed by atoms with Crippen LogP contribution in [0.3, 0.4) is 0 Å². The number of rotatable bonds is 5. The zero-order chi connectivity index (χ0) is 15.6. The van der Waals surface area contributed by atoms with Crippen molar-refractivity contribution in [3.05, 3.63) is 29.1 Å². The van der Waals surface area contributed by atoms with Crippen LogP contribution in [0.1, 0.15) is 63.6 Å². The summed E-state index contributed by atoms with van der Waals surface area (Å²) in [5.41, 5.74) is 8.90. The fourth-order valence-electron chi connectivity index (χ4n) is 3.35. The Bertz CT molecular complexity index is 476. The number of hydrogen-bond donors (Lipinski definition) is 1. The molecule has 1 saturated carbocycles. The molecule has 1 aliphatic carbocycles. The molecule has 0 aromatic heterocycles. The van der Waals surface area contributed by atoms with Gasteiger partial charge in [-0.05, 0) is 55.9 Å². The van der Waals surface area contributed by atoms with Crippen LogP contribution in [-0.2, 0) is 0 Å². The first-order valence-corrected chi connectivity index (χ1v) is 8.22. The van der Waals surface area contributed by atoms with Gasteiger partial charge in [-0.25, -0.2) is 4.39 Å². The summed E-state index contributed by atoms with van der Waals surface area (Å²) in [5.74, 6) is 0.429. The van der Waals surface area contributed by atoms with Gasteiger partial charge in [-0.3, -0.25) is 0 Å². The number of aryl methyl sites for hydroxylation is 1. The van der Waals surface area contributed by atoms with E-state index in [1.54, 1.807) is 6.07 Å². The minimum Gasteiger partial charge on any atom is -0.368 e. The molecule has 1 aromatic carbocycles. The topological polar surface area (TPSA) is 29.3 Å². The normalized spacial score (nSPS) is 17.5. The van der Waals surface area contributed by atoms with Crippen molar-refractivity contribution >= 4 is 5.69 Å². The van der Waals surface area contributed by atoms with Crippen molar-refractivity contribution in [3.63, 3.8) is 0 Å². The fraction of sp³-hybridized carbons (Fsp3) is 0.667. The van der Waals surface area contributed by atoms with Crippen molar-refractivity contribution in [3.8, 4) is 0 Å². The molecule has 0 heterocycles. The number of hydrogen-bond acceptors (Lipinski definition) is 2. The number of nitrogens with two attached hydrogens (primary N) is 1. The molecule has 2 N–H and O–H groups in total. The van der Waals surface area contributed by atoms with E-state index in [0.29, 0.717) is 17.5 Å². The quantitative estimate of drug-likeness (QED) is 0.862. The van der Waals surface area contributed by atoms with Crippen LogP contribution in [0.5, 0.6) is 0 Å². The lowest BCUT2D eigenvalue weighted by Crippen LogP contribution is -2.37. The molecule has 2 rings (SSSR count). The molecule has 1 aliphatic rings. The summed E-state index contributed by atoms with van der Waals surface area (Å²) in [6, 6.07) is 4.06. The first kappa shape index (κ1) is 16.3. The van der Waals surface area contributed by atoms with Gasteiger partial charge in [0.25, 0.3) is 0 Å². The Labute approximate surface area is 128 Å². The summed E-state index contributed by atoms with van der Waals surface area (Å²) >= 11 is 0. The third kappa shape index (κ3) is 3.76. The van der Waals surface area contributed by atoms with Crippen LogP contribution >= 0.6 is 0 Å². The second-order valence-electron chi connectivity index (χ2n) is 6.93. The molecule has 1 fully saturated rings. The van der Waals surface area contributed by atoms with Gasteiger partial charge in [0.1, 0.15) is 5.82 Å². The van der Waals surface area contributed by atoms with E-state index < -0.39 is 0 Å². The van der Waals surface area contributed by atoms with Crippen LogP contribution in [-0.4, -0.2) is 12.6 Å². The lowest BCUT2D eigenvalue weighted by atomic mass is 10.00. The van der Waals surface area contributed by atoms with E-state index >= 15 is 0 Å². The first-order valence-electron chi connectivity index (χ1n) is 8.22. The number of anilines is 1. The molecule has 0 aliphatic heterocycles. The van der Waals surface area contributed by atoms with Crippen LogP contribution in [0.2, 0.25) is 0 Å². The minimum absolute atomic E-state index is 0.147. The van der Waals surface area contributed by atoms with Gasteiger partial charge in [0, 0.05) is 24.3 Å². The molecule has 0 radical (unpaired) electrons. The van der Waals surface area contributed by atoms with Gasteiger partial charge in [-0.1, -0.05) is 26.7 Å². The Morgan fingerprint density at radius 2 is 1.86 bits per heavy atom. The molecule has 0 saturated heterocycles. The SMILES string of the molecule is Cc1cc(N(CC(C)C)C2CCCC2)c([C@@H](C)N)cc1F. The van der Waals surface area contributed by atoms with E-state index in [9.17, 15) is 4.39 Å². The van der Waals surface area contributed by atoms with Crippen LogP contribution in [0, 0.1) is 18.7 Å². The molecule has 118 valence electrons. The average Bonchev–Trinajstić information content (AvgIpc) is 2.92. The van der Waals surface area contributed by atoms with Gasteiger partial charge < -0.3 is 10.6 Å². The molecule has 21 heavy (non-hydrogen) atoms. The monoisotopic (exact) mass is 292 g/mol. The summed E-state index contributed by atoms with van der Waals surface area (Å²) in [6.07, 6.45) is 5.07. The van der Waals surface area contributed by atoms with Crippen molar-refractivity contribution in [1.29, 1.82) is 0 Å². The summed E-state index contributed by atoms with van der Waals surface area (Å²) in [4.78, 5) is 2.49. The molecule has 0 unspecified atom stereocenters. The number of halogens is 1. The second-order valence-corrected chi connectivity index (χ2v) is 6.93. The maximum atomic E-state index is 13.9. The molecule has 2 nitrogen and oxygen atoms in total. The Kier molecular flexibility index (Phi) is 5.26. The number of nitrogens with zero attached hydrogens (tertiary/aromatic N) is 1. The van der Waals surface area contributed by atoms with Gasteiger partial charge in [-0.2, -0.15) is 0 Å². The highest BCUT2D eigenvalue weighted by Crippen LogP contribution is 2.34. The molecule has 3 heteroatoms. The summed E-state index contributed by atoms with van der Waals surface area (Å²) in [5, 5.41) is 0. The maximum absolute atomic E-state index is 13.9. The third-order valence-corrected chi connectivity index (χ3v) is 4.44. The van der Waals surface area contributed by atoms with Crippen molar-refractivity contribution in [2.24, 2.45) is 11.7 Å². The van der Waals surface area contributed by atoms with Crippen LogP contribution < -0.4 is 10.6 Å². The Morgan fingerprint density at radius 1 is 1.24 bits per heavy atom. The van der Waals surface area contributed by atoms with E-state index in [4.69, 9.17) is 5.73 Å². The van der Waals surface area contributed by atoms with Gasteiger partial charge >= 0.3 is 0 Å². The lowest BCUT2D eigenvalue weighted by Gasteiger charge is -2.35. The highest BCUT2D eigenvalue weighted by molar-refractivity contribution is 5.58. The minimum atomic E-state index is -0.151. The van der Waals surface area contributed by atoms with Crippen molar-refractivity contribution in [2.45, 2.75) is 65.5 Å². The first-order chi connectivity index (χ1) is 9.90. The van der Waals surface area contributed by atoms with Gasteiger partial charge in [0.2, 0.25) is 0 Å². The maximum Gasteiger partial charge on any atom is 0.126 e. The summed E-state index contributed by atoms with van der Waals surface area (Å²) < 4.78 is 13.9. The highest BCUT2D eigenvalue weighted by atomic mass is 19.1. The van der Waals surface area contributed by atoms with E-state index in [1.807, 2.05) is 19.9 Å². The molecule has 1 aromatic rings. The largest absolute Gasteiger partial charge is 0.368 e. The lowest BCUT2D eigenvalue weighted by molar-refractivity contribution is 0.531. The second kappa shape index (κ2) is 6.78. The molecule has 0 spiro atoms. The molecule has 0 bridgehead atoms. The third-order valence-electron chi connectivity index (χ3n) is 4.44. The average molecular weight is 292 g/mol. The van der Waals surface area contributed by atoms with Crippen molar-refractivity contribution < 1.29 is 4.39 Å². The predicted molar refractivity (Wildman–Crippen MR) is 88.2 cm³/mol. The Balaban J connectivity index is 2.44. The summed E-state index contributed by atoms with van der Waals surface area (Å²) in [7, 11) is 0. The molecule has 1 atom stereocenters. The number of benzene rings is 1. The molecule has 0 amide bonds. The van der Waals surface area contributed by atoms with Crippen molar-refractivity contribution in [1.82, 2.24) is 0 Å². The van der Waals surface area contributed by atoms with Crippen LogP contribution in [0.25, 0.3) is 0 Å². The smallest absolute Gasteiger partial charge is 0.126 e. The zero-order valence-electron chi connectivity index (χ0n) is 13.8. The van der Waals surface area contributed by atoms with E-state index in [2.05, 4.69) is 18.7 Å². The van der Waals surface area contributed by atoms with Gasteiger partial charge in [0.15, 0.2) is 0 Å². The predicted octanol–water partition coefficient (Wildman–Crippen LogP) is 4.56. The van der Waals surface area contributed by atoms with E-state index in [1.165, 1.54) is 25.7 Å². The highest BCUT2D eigenvalue weighted by Gasteiger charge is 2.26. The Hall–Kier alpha value is -1.09. The molecular formula is C18H29FN2. The van der Waals surface area contributed by atoms with Crippen LogP contribution in [0.15, 0.2) is 12.1 Å². The van der Waals surface area contributed by atoms with Gasteiger partial charge in [0.05, 0.1) is 0 Å².